The Labute approximate surface area is 117 Å². The van der Waals surface area contributed by atoms with E-state index in [2.05, 4.69) is 15.6 Å². The van der Waals surface area contributed by atoms with Crippen molar-refractivity contribution in [3.8, 4) is 0 Å². The van der Waals surface area contributed by atoms with E-state index in [1.54, 1.807) is 18.2 Å². The summed E-state index contributed by atoms with van der Waals surface area (Å²) in [4.78, 5) is 26.5. The number of rotatable bonds is 7. The second-order valence-corrected chi connectivity index (χ2v) is 4.35. The summed E-state index contributed by atoms with van der Waals surface area (Å²) in [6.45, 7) is 1.94. The second-order valence-electron chi connectivity index (χ2n) is 4.35. The number of nitrogens with zero attached hydrogens (tertiary/aromatic N) is 1. The first-order valence-corrected chi connectivity index (χ1v) is 6.44. The van der Waals surface area contributed by atoms with Crippen molar-refractivity contribution in [3.63, 3.8) is 0 Å². The Morgan fingerprint density at radius 1 is 1.40 bits per heavy atom. The van der Waals surface area contributed by atoms with Crippen molar-refractivity contribution >= 4 is 17.8 Å². The molecule has 0 saturated carbocycles. The number of aliphatic hydroxyl groups excluding tert-OH is 1. The molecule has 0 saturated heterocycles. The number of pyridine rings is 1. The molecule has 2 atom stereocenters. The third-order valence-electron chi connectivity index (χ3n) is 2.74. The predicted octanol–water partition coefficient (Wildman–Crippen LogP) is 1.21. The molecule has 0 aliphatic carbocycles. The largest absolute Gasteiger partial charge is 0.465 e. The van der Waals surface area contributed by atoms with Crippen LogP contribution >= 0.6 is 0 Å². The standard InChI is InChI=1S/C13H19N3O4/c1-2-3-6-9(15-13(19)20)11(17)12(18)16-10-7-4-5-8-14-10/h4-5,7-9,11,15,17H,2-3,6H2,1H3,(H,19,20)(H,14,16,18)/t9?,11-/m1/s1. The summed E-state index contributed by atoms with van der Waals surface area (Å²) in [5.41, 5.74) is 0. The molecule has 1 heterocycles. The van der Waals surface area contributed by atoms with Gasteiger partial charge in [0.1, 0.15) is 5.82 Å². The minimum atomic E-state index is -1.46. The topological polar surface area (TPSA) is 112 Å². The lowest BCUT2D eigenvalue weighted by molar-refractivity contribution is -0.125. The fourth-order valence-corrected chi connectivity index (χ4v) is 1.71. The molecule has 110 valence electrons. The summed E-state index contributed by atoms with van der Waals surface area (Å²) < 4.78 is 0. The Kier molecular flexibility index (Phi) is 6.45. The van der Waals surface area contributed by atoms with E-state index in [9.17, 15) is 14.7 Å². The molecule has 1 unspecified atom stereocenters. The number of hydrogen-bond donors (Lipinski definition) is 4. The third-order valence-corrected chi connectivity index (χ3v) is 2.74. The van der Waals surface area contributed by atoms with Gasteiger partial charge in [-0.1, -0.05) is 25.8 Å². The van der Waals surface area contributed by atoms with Gasteiger partial charge >= 0.3 is 6.09 Å². The lowest BCUT2D eigenvalue weighted by Crippen LogP contribution is -2.48. The van der Waals surface area contributed by atoms with Gasteiger partial charge in [-0.3, -0.25) is 4.79 Å². The molecule has 20 heavy (non-hydrogen) atoms. The van der Waals surface area contributed by atoms with Gasteiger partial charge in [-0.25, -0.2) is 9.78 Å². The van der Waals surface area contributed by atoms with Crippen molar-refractivity contribution in [2.24, 2.45) is 0 Å². The molecule has 7 nitrogen and oxygen atoms in total. The van der Waals surface area contributed by atoms with Crippen LogP contribution in [0.5, 0.6) is 0 Å². The highest BCUT2D eigenvalue weighted by Gasteiger charge is 2.27. The van der Waals surface area contributed by atoms with Crippen LogP contribution in [-0.4, -0.2) is 39.3 Å². The molecular formula is C13H19N3O4. The van der Waals surface area contributed by atoms with Crippen molar-refractivity contribution in [2.45, 2.75) is 38.3 Å². The molecule has 0 fully saturated rings. The molecule has 1 rings (SSSR count). The molecule has 0 spiro atoms. The maximum Gasteiger partial charge on any atom is 0.404 e. The summed E-state index contributed by atoms with van der Waals surface area (Å²) in [6.07, 6.45) is 0.715. The van der Waals surface area contributed by atoms with Crippen LogP contribution in [0.2, 0.25) is 0 Å². The van der Waals surface area contributed by atoms with Crippen molar-refractivity contribution in [2.75, 3.05) is 5.32 Å². The monoisotopic (exact) mass is 281 g/mol. The zero-order chi connectivity index (χ0) is 15.0. The normalized spacial score (nSPS) is 13.3. The summed E-state index contributed by atoms with van der Waals surface area (Å²) in [7, 11) is 0. The van der Waals surface area contributed by atoms with Crippen LogP contribution in [0.1, 0.15) is 26.2 Å². The minimum absolute atomic E-state index is 0.307. The highest BCUT2D eigenvalue weighted by atomic mass is 16.4. The van der Waals surface area contributed by atoms with Gasteiger partial charge in [0.05, 0.1) is 6.04 Å². The van der Waals surface area contributed by atoms with Gasteiger partial charge in [0.15, 0.2) is 6.10 Å². The van der Waals surface area contributed by atoms with Crippen molar-refractivity contribution in [1.82, 2.24) is 10.3 Å². The number of carbonyl (C=O) groups is 2. The van der Waals surface area contributed by atoms with Crippen LogP contribution in [0.4, 0.5) is 10.6 Å². The zero-order valence-electron chi connectivity index (χ0n) is 11.2. The molecule has 2 amide bonds. The molecule has 0 aliphatic rings. The van der Waals surface area contributed by atoms with E-state index in [-0.39, 0.29) is 0 Å². The Balaban J connectivity index is 2.64. The van der Waals surface area contributed by atoms with Crippen LogP contribution < -0.4 is 10.6 Å². The lowest BCUT2D eigenvalue weighted by atomic mass is 10.0. The predicted molar refractivity (Wildman–Crippen MR) is 73.3 cm³/mol. The lowest BCUT2D eigenvalue weighted by Gasteiger charge is -2.21. The average molecular weight is 281 g/mol. The van der Waals surface area contributed by atoms with Gasteiger partial charge in [0.25, 0.3) is 5.91 Å². The first-order valence-electron chi connectivity index (χ1n) is 6.44. The second kappa shape index (κ2) is 8.11. The first-order chi connectivity index (χ1) is 9.54. The van der Waals surface area contributed by atoms with E-state index in [4.69, 9.17) is 5.11 Å². The van der Waals surface area contributed by atoms with E-state index >= 15 is 0 Å². The summed E-state index contributed by atoms with van der Waals surface area (Å²) in [5, 5.41) is 23.3. The number of aliphatic hydroxyl groups is 1. The number of hydrogen-bond acceptors (Lipinski definition) is 4. The fraction of sp³-hybridized carbons (Fsp3) is 0.462. The number of carboxylic acid groups (broad SMARTS) is 1. The van der Waals surface area contributed by atoms with E-state index in [1.807, 2.05) is 6.92 Å². The summed E-state index contributed by atoms with van der Waals surface area (Å²) >= 11 is 0. The van der Waals surface area contributed by atoms with E-state index in [0.717, 1.165) is 6.42 Å². The molecule has 1 aromatic heterocycles. The number of carbonyl (C=O) groups excluding carboxylic acids is 1. The van der Waals surface area contributed by atoms with Crippen LogP contribution in [-0.2, 0) is 4.79 Å². The molecule has 0 radical (unpaired) electrons. The molecule has 4 N–H and O–H groups in total. The Bertz CT molecular complexity index is 439. The number of nitrogens with one attached hydrogen (secondary N) is 2. The molecule has 0 bridgehead atoms. The van der Waals surface area contributed by atoms with Gasteiger partial charge < -0.3 is 20.8 Å². The maximum absolute atomic E-state index is 11.9. The van der Waals surface area contributed by atoms with Gasteiger partial charge in [-0.2, -0.15) is 0 Å². The summed E-state index contributed by atoms with van der Waals surface area (Å²) in [6, 6.07) is 4.13. The number of amides is 2. The Morgan fingerprint density at radius 2 is 2.15 bits per heavy atom. The molecule has 1 aromatic rings. The number of aromatic nitrogens is 1. The Hall–Kier alpha value is -2.15. The van der Waals surface area contributed by atoms with E-state index in [0.29, 0.717) is 18.7 Å². The fourth-order valence-electron chi connectivity index (χ4n) is 1.71. The molecule has 0 aliphatic heterocycles. The van der Waals surface area contributed by atoms with Crippen LogP contribution in [0, 0.1) is 0 Å². The van der Waals surface area contributed by atoms with Crippen LogP contribution in [0.25, 0.3) is 0 Å². The van der Waals surface area contributed by atoms with Gasteiger partial charge in [-0.05, 0) is 18.6 Å². The van der Waals surface area contributed by atoms with E-state index < -0.39 is 24.1 Å². The first kappa shape index (κ1) is 15.9. The van der Waals surface area contributed by atoms with Gasteiger partial charge in [-0.15, -0.1) is 0 Å². The smallest absolute Gasteiger partial charge is 0.404 e. The van der Waals surface area contributed by atoms with Crippen molar-refractivity contribution < 1.29 is 19.8 Å². The number of unbranched alkanes of at least 4 members (excludes halogenated alkanes) is 1. The average Bonchev–Trinajstić information content (AvgIpc) is 2.43. The minimum Gasteiger partial charge on any atom is -0.465 e. The van der Waals surface area contributed by atoms with E-state index in [1.165, 1.54) is 6.20 Å². The molecular weight excluding hydrogens is 262 g/mol. The molecule has 7 heteroatoms. The van der Waals surface area contributed by atoms with Gasteiger partial charge in [0, 0.05) is 6.20 Å². The maximum atomic E-state index is 11.9. The highest BCUT2D eigenvalue weighted by Crippen LogP contribution is 2.08. The zero-order valence-corrected chi connectivity index (χ0v) is 11.2. The third kappa shape index (κ3) is 5.23. The number of anilines is 1. The van der Waals surface area contributed by atoms with Crippen LogP contribution in [0.3, 0.4) is 0 Å². The SMILES string of the molecule is CCCCC(NC(=O)O)[C@@H](O)C(=O)Nc1ccccn1. The van der Waals surface area contributed by atoms with Crippen molar-refractivity contribution in [1.29, 1.82) is 0 Å². The van der Waals surface area contributed by atoms with Crippen LogP contribution in [0.15, 0.2) is 24.4 Å². The quantitative estimate of drug-likeness (QED) is 0.600. The highest BCUT2D eigenvalue weighted by molar-refractivity contribution is 5.93. The molecule has 0 aromatic carbocycles. The Morgan fingerprint density at radius 3 is 2.70 bits per heavy atom. The van der Waals surface area contributed by atoms with Crippen molar-refractivity contribution in [3.05, 3.63) is 24.4 Å². The van der Waals surface area contributed by atoms with Gasteiger partial charge in [0.2, 0.25) is 0 Å². The summed E-state index contributed by atoms with van der Waals surface area (Å²) in [5.74, 6) is -0.375.